The van der Waals surface area contributed by atoms with Gasteiger partial charge in [-0.15, -0.1) is 0 Å². The van der Waals surface area contributed by atoms with Crippen molar-refractivity contribution in [2.45, 2.75) is 13.8 Å². The molecular weight excluding hydrogens is 217 g/mol. The summed E-state index contributed by atoms with van der Waals surface area (Å²) in [5.41, 5.74) is 7.83. The molecule has 0 aliphatic rings. The zero-order valence-electron chi connectivity index (χ0n) is 9.83. The molecule has 0 aromatic heterocycles. The maximum absolute atomic E-state index is 13.2. The lowest BCUT2D eigenvalue weighted by Crippen LogP contribution is -1.95. The first-order valence-corrected chi connectivity index (χ1v) is 5.36. The Hall–Kier alpha value is -2.03. The van der Waals surface area contributed by atoms with Gasteiger partial charge in [0.15, 0.2) is 5.75 Å². The first-order chi connectivity index (χ1) is 8.06. The Morgan fingerprint density at radius 2 is 1.71 bits per heavy atom. The van der Waals surface area contributed by atoms with Crippen molar-refractivity contribution in [3.05, 3.63) is 53.3 Å². The molecule has 17 heavy (non-hydrogen) atoms. The zero-order chi connectivity index (χ0) is 12.4. The quantitative estimate of drug-likeness (QED) is 0.797. The molecule has 0 unspecified atom stereocenters. The maximum Gasteiger partial charge on any atom is 0.153 e. The molecule has 3 heteroatoms. The van der Waals surface area contributed by atoms with Gasteiger partial charge in [-0.3, -0.25) is 0 Å². The lowest BCUT2D eigenvalue weighted by atomic mass is 10.1. The molecule has 0 saturated heterocycles. The summed E-state index contributed by atoms with van der Waals surface area (Å²) in [5, 5.41) is 0. The fourth-order valence-electron chi connectivity index (χ4n) is 1.73. The van der Waals surface area contributed by atoms with Crippen LogP contribution in [0.25, 0.3) is 0 Å². The van der Waals surface area contributed by atoms with E-state index in [2.05, 4.69) is 0 Å². The fourth-order valence-corrected chi connectivity index (χ4v) is 1.73. The van der Waals surface area contributed by atoms with E-state index >= 15 is 0 Å². The average Bonchev–Trinajstić information content (AvgIpc) is 2.23. The highest BCUT2D eigenvalue weighted by Gasteiger charge is 2.06. The van der Waals surface area contributed by atoms with Crippen molar-refractivity contribution in [1.29, 1.82) is 0 Å². The number of hydrogen-bond donors (Lipinski definition) is 1. The van der Waals surface area contributed by atoms with Gasteiger partial charge in [0.25, 0.3) is 0 Å². The molecule has 0 atom stereocenters. The molecule has 0 aliphatic heterocycles. The summed E-state index contributed by atoms with van der Waals surface area (Å²) in [5.74, 6) is 0.543. The van der Waals surface area contributed by atoms with E-state index in [1.165, 1.54) is 6.07 Å². The van der Waals surface area contributed by atoms with Crippen LogP contribution in [-0.4, -0.2) is 0 Å². The predicted octanol–water partition coefficient (Wildman–Crippen LogP) is 3.82. The van der Waals surface area contributed by atoms with Gasteiger partial charge >= 0.3 is 0 Å². The molecule has 2 rings (SSSR count). The van der Waals surface area contributed by atoms with E-state index in [1.54, 1.807) is 12.1 Å². The van der Waals surface area contributed by atoms with Crippen LogP contribution in [0.2, 0.25) is 0 Å². The zero-order valence-corrected chi connectivity index (χ0v) is 9.83. The van der Waals surface area contributed by atoms with E-state index in [1.807, 2.05) is 32.0 Å². The van der Waals surface area contributed by atoms with Crippen molar-refractivity contribution in [3.63, 3.8) is 0 Å². The monoisotopic (exact) mass is 231 g/mol. The normalized spacial score (nSPS) is 10.3. The SMILES string of the molecule is Cc1cc(C)cc(Oc2cccc(F)c2N)c1. The lowest BCUT2D eigenvalue weighted by molar-refractivity contribution is 0.479. The number of ether oxygens (including phenoxy) is 1. The number of nitrogens with two attached hydrogens (primary N) is 1. The smallest absolute Gasteiger partial charge is 0.153 e. The van der Waals surface area contributed by atoms with E-state index < -0.39 is 5.82 Å². The summed E-state index contributed by atoms with van der Waals surface area (Å²) in [6.45, 7) is 3.96. The number of anilines is 1. The van der Waals surface area contributed by atoms with Crippen molar-refractivity contribution in [3.8, 4) is 11.5 Å². The summed E-state index contributed by atoms with van der Waals surface area (Å²) in [6.07, 6.45) is 0. The first-order valence-electron chi connectivity index (χ1n) is 5.36. The maximum atomic E-state index is 13.2. The summed E-state index contributed by atoms with van der Waals surface area (Å²) >= 11 is 0. The molecule has 0 fully saturated rings. The molecule has 0 bridgehead atoms. The van der Waals surface area contributed by atoms with Gasteiger partial charge in [-0.1, -0.05) is 12.1 Å². The molecule has 0 amide bonds. The summed E-state index contributed by atoms with van der Waals surface area (Å²) in [4.78, 5) is 0. The van der Waals surface area contributed by atoms with Gasteiger partial charge in [-0.25, -0.2) is 4.39 Å². The van der Waals surface area contributed by atoms with Crippen molar-refractivity contribution >= 4 is 5.69 Å². The minimum Gasteiger partial charge on any atom is -0.455 e. The second-order valence-corrected chi connectivity index (χ2v) is 4.08. The summed E-state index contributed by atoms with van der Waals surface area (Å²) in [6, 6.07) is 10.3. The molecule has 0 saturated carbocycles. The van der Waals surface area contributed by atoms with Crippen molar-refractivity contribution in [1.82, 2.24) is 0 Å². The third kappa shape index (κ3) is 2.56. The van der Waals surface area contributed by atoms with Crippen LogP contribution in [-0.2, 0) is 0 Å². The van der Waals surface area contributed by atoms with Crippen LogP contribution in [0.15, 0.2) is 36.4 Å². The second-order valence-electron chi connectivity index (χ2n) is 4.08. The second kappa shape index (κ2) is 4.45. The minimum atomic E-state index is -0.466. The van der Waals surface area contributed by atoms with E-state index in [0.29, 0.717) is 11.5 Å². The molecule has 0 heterocycles. The van der Waals surface area contributed by atoms with Crippen LogP contribution in [0.5, 0.6) is 11.5 Å². The molecule has 88 valence electrons. The van der Waals surface area contributed by atoms with Crippen molar-refractivity contribution in [2.24, 2.45) is 0 Å². The molecule has 0 spiro atoms. The highest BCUT2D eigenvalue weighted by atomic mass is 19.1. The summed E-state index contributed by atoms with van der Waals surface area (Å²) in [7, 11) is 0. The van der Waals surface area contributed by atoms with Gasteiger partial charge in [-0.05, 0) is 49.2 Å². The number of halogens is 1. The van der Waals surface area contributed by atoms with Crippen molar-refractivity contribution < 1.29 is 9.13 Å². The van der Waals surface area contributed by atoms with Crippen LogP contribution in [0.1, 0.15) is 11.1 Å². The van der Waals surface area contributed by atoms with Gasteiger partial charge in [0, 0.05) is 0 Å². The van der Waals surface area contributed by atoms with E-state index in [-0.39, 0.29) is 5.69 Å². The van der Waals surface area contributed by atoms with Gasteiger partial charge in [0.2, 0.25) is 0 Å². The Morgan fingerprint density at radius 1 is 1.06 bits per heavy atom. The largest absolute Gasteiger partial charge is 0.455 e. The van der Waals surface area contributed by atoms with Crippen LogP contribution in [0.4, 0.5) is 10.1 Å². The number of rotatable bonds is 2. The van der Waals surface area contributed by atoms with Gasteiger partial charge < -0.3 is 10.5 Å². The predicted molar refractivity (Wildman–Crippen MR) is 66.8 cm³/mol. The Bertz CT molecular complexity index is 532. The highest BCUT2D eigenvalue weighted by Crippen LogP contribution is 2.30. The van der Waals surface area contributed by atoms with Gasteiger partial charge in [-0.2, -0.15) is 0 Å². The third-order valence-corrected chi connectivity index (χ3v) is 2.44. The number of benzene rings is 2. The third-order valence-electron chi connectivity index (χ3n) is 2.44. The Balaban J connectivity index is 2.34. The molecule has 2 aromatic carbocycles. The Labute approximate surface area is 99.8 Å². The Kier molecular flexibility index (Phi) is 3.00. The fraction of sp³-hybridized carbons (Fsp3) is 0.143. The molecule has 2 aromatic rings. The minimum absolute atomic E-state index is 0.0339. The first kappa shape index (κ1) is 11.5. The van der Waals surface area contributed by atoms with E-state index in [4.69, 9.17) is 10.5 Å². The Morgan fingerprint density at radius 3 is 2.35 bits per heavy atom. The highest BCUT2D eigenvalue weighted by molar-refractivity contribution is 5.55. The van der Waals surface area contributed by atoms with E-state index in [9.17, 15) is 4.39 Å². The van der Waals surface area contributed by atoms with E-state index in [0.717, 1.165) is 11.1 Å². The molecule has 2 N–H and O–H groups in total. The molecule has 2 nitrogen and oxygen atoms in total. The van der Waals surface area contributed by atoms with Gasteiger partial charge in [0.05, 0.1) is 0 Å². The van der Waals surface area contributed by atoms with Crippen LogP contribution < -0.4 is 10.5 Å². The van der Waals surface area contributed by atoms with Crippen LogP contribution in [0.3, 0.4) is 0 Å². The number of aryl methyl sites for hydroxylation is 2. The van der Waals surface area contributed by atoms with Crippen molar-refractivity contribution in [2.75, 3.05) is 5.73 Å². The summed E-state index contributed by atoms with van der Waals surface area (Å²) < 4.78 is 18.8. The van der Waals surface area contributed by atoms with Crippen LogP contribution in [0, 0.1) is 19.7 Å². The lowest BCUT2D eigenvalue weighted by Gasteiger charge is -2.10. The number of para-hydroxylation sites is 1. The molecule has 0 aliphatic carbocycles. The molecular formula is C14H14FNO. The average molecular weight is 231 g/mol. The number of nitrogen functional groups attached to an aromatic ring is 1. The van der Waals surface area contributed by atoms with Gasteiger partial charge in [0.1, 0.15) is 17.3 Å². The standard InChI is InChI=1S/C14H14FNO/c1-9-6-10(2)8-11(7-9)17-13-5-3-4-12(15)14(13)16/h3-8H,16H2,1-2H3. The number of hydrogen-bond acceptors (Lipinski definition) is 2. The molecule has 0 radical (unpaired) electrons. The topological polar surface area (TPSA) is 35.2 Å². The van der Waals surface area contributed by atoms with Crippen LogP contribution >= 0.6 is 0 Å².